The average molecular weight is 260 g/mol. The first-order valence-electron chi connectivity index (χ1n) is 5.43. The van der Waals surface area contributed by atoms with Gasteiger partial charge in [-0.05, 0) is 19.3 Å². The van der Waals surface area contributed by atoms with Gasteiger partial charge in [-0.3, -0.25) is 0 Å². The second kappa shape index (κ2) is 4.09. The summed E-state index contributed by atoms with van der Waals surface area (Å²) in [6.07, 6.45) is 2.39. The van der Waals surface area contributed by atoms with E-state index in [4.69, 9.17) is 5.73 Å². The predicted octanol–water partition coefficient (Wildman–Crippen LogP) is 1.42. The van der Waals surface area contributed by atoms with Crippen molar-refractivity contribution in [1.82, 2.24) is 4.98 Å². The van der Waals surface area contributed by atoms with E-state index in [0.29, 0.717) is 19.4 Å². The Balaban J connectivity index is 2.43. The second-order valence-corrected chi connectivity index (χ2v) is 7.55. The van der Waals surface area contributed by atoms with Crippen LogP contribution in [0.5, 0.6) is 0 Å². The van der Waals surface area contributed by atoms with Crippen LogP contribution in [0, 0.1) is 0 Å². The van der Waals surface area contributed by atoms with Crippen molar-refractivity contribution < 1.29 is 8.42 Å². The SMILES string of the molecule is CCS(=O)(=O)C1(c2nc(CN)cs2)CCC1. The van der Waals surface area contributed by atoms with Crippen LogP contribution in [-0.2, 0) is 21.1 Å². The first-order valence-corrected chi connectivity index (χ1v) is 7.96. The molecule has 1 aliphatic rings. The van der Waals surface area contributed by atoms with Crippen molar-refractivity contribution in [1.29, 1.82) is 0 Å². The number of aromatic nitrogens is 1. The lowest BCUT2D eigenvalue weighted by Gasteiger charge is -2.38. The smallest absolute Gasteiger partial charge is 0.162 e. The molecule has 1 fully saturated rings. The fraction of sp³-hybridized carbons (Fsp3) is 0.700. The third-order valence-corrected chi connectivity index (χ3v) is 7.06. The summed E-state index contributed by atoms with van der Waals surface area (Å²) in [7, 11) is -3.06. The third kappa shape index (κ3) is 1.59. The van der Waals surface area contributed by atoms with Crippen LogP contribution < -0.4 is 5.73 Å². The number of sulfone groups is 1. The van der Waals surface area contributed by atoms with E-state index >= 15 is 0 Å². The van der Waals surface area contributed by atoms with Gasteiger partial charge in [-0.2, -0.15) is 0 Å². The molecule has 1 heterocycles. The Labute approximate surface area is 99.8 Å². The molecule has 0 radical (unpaired) electrons. The normalized spacial score (nSPS) is 19.4. The zero-order valence-electron chi connectivity index (χ0n) is 9.27. The van der Waals surface area contributed by atoms with E-state index in [1.54, 1.807) is 6.92 Å². The van der Waals surface area contributed by atoms with Crippen molar-refractivity contribution in [3.05, 3.63) is 16.1 Å². The summed E-state index contributed by atoms with van der Waals surface area (Å²) in [5.74, 6) is 0.185. The molecule has 0 aromatic carbocycles. The van der Waals surface area contributed by atoms with E-state index in [0.717, 1.165) is 17.1 Å². The summed E-state index contributed by atoms with van der Waals surface area (Å²) in [5.41, 5.74) is 6.29. The molecule has 2 rings (SSSR count). The summed E-state index contributed by atoms with van der Waals surface area (Å²) in [6.45, 7) is 2.08. The number of rotatable bonds is 4. The van der Waals surface area contributed by atoms with Gasteiger partial charge in [0.1, 0.15) is 9.75 Å². The van der Waals surface area contributed by atoms with Gasteiger partial charge in [0, 0.05) is 17.7 Å². The Bertz CT molecular complexity index is 475. The molecule has 90 valence electrons. The molecule has 1 aromatic rings. The van der Waals surface area contributed by atoms with Gasteiger partial charge < -0.3 is 5.73 Å². The Morgan fingerprint density at radius 3 is 2.62 bits per heavy atom. The summed E-state index contributed by atoms with van der Waals surface area (Å²) >= 11 is 1.43. The van der Waals surface area contributed by atoms with Crippen molar-refractivity contribution in [3.8, 4) is 0 Å². The fourth-order valence-corrected chi connectivity index (χ4v) is 5.33. The highest BCUT2D eigenvalue weighted by atomic mass is 32.2. The van der Waals surface area contributed by atoms with Crippen molar-refractivity contribution in [2.24, 2.45) is 5.73 Å². The zero-order chi connectivity index (χ0) is 11.8. The number of hydrogen-bond acceptors (Lipinski definition) is 5. The van der Waals surface area contributed by atoms with Crippen LogP contribution in [0.1, 0.15) is 36.9 Å². The van der Waals surface area contributed by atoms with Crippen molar-refractivity contribution in [2.75, 3.05) is 5.75 Å². The van der Waals surface area contributed by atoms with Crippen molar-refractivity contribution >= 4 is 21.2 Å². The molecule has 4 nitrogen and oxygen atoms in total. The molecular weight excluding hydrogens is 244 g/mol. The minimum absolute atomic E-state index is 0.185. The van der Waals surface area contributed by atoms with E-state index in [9.17, 15) is 8.42 Å². The number of nitrogens with zero attached hydrogens (tertiary/aromatic N) is 1. The number of nitrogens with two attached hydrogens (primary N) is 1. The molecule has 0 unspecified atom stereocenters. The molecule has 0 saturated heterocycles. The number of hydrogen-bond donors (Lipinski definition) is 1. The molecular formula is C10H16N2O2S2. The van der Waals surface area contributed by atoms with Gasteiger partial charge in [0.2, 0.25) is 0 Å². The Kier molecular flexibility index (Phi) is 3.07. The minimum Gasteiger partial charge on any atom is -0.325 e. The maximum atomic E-state index is 12.1. The molecule has 0 aliphatic heterocycles. The van der Waals surface area contributed by atoms with Crippen LogP contribution in [0.15, 0.2) is 5.38 Å². The average Bonchev–Trinajstić information content (AvgIpc) is 2.64. The van der Waals surface area contributed by atoms with Gasteiger partial charge >= 0.3 is 0 Å². The van der Waals surface area contributed by atoms with Crippen LogP contribution in [0.2, 0.25) is 0 Å². The van der Waals surface area contributed by atoms with E-state index in [1.165, 1.54) is 11.3 Å². The first kappa shape index (κ1) is 12.0. The monoisotopic (exact) mass is 260 g/mol. The van der Waals surface area contributed by atoms with Crippen molar-refractivity contribution in [3.63, 3.8) is 0 Å². The molecule has 6 heteroatoms. The lowest BCUT2D eigenvalue weighted by Crippen LogP contribution is -2.43. The molecule has 1 aromatic heterocycles. The molecule has 16 heavy (non-hydrogen) atoms. The summed E-state index contributed by atoms with van der Waals surface area (Å²) < 4.78 is 23.6. The van der Waals surface area contributed by atoms with Crippen LogP contribution >= 0.6 is 11.3 Å². The Morgan fingerprint density at radius 2 is 2.25 bits per heavy atom. The fourth-order valence-electron chi connectivity index (χ4n) is 2.04. The van der Waals surface area contributed by atoms with E-state index in [2.05, 4.69) is 4.98 Å². The molecule has 0 amide bonds. The van der Waals surface area contributed by atoms with Gasteiger partial charge in [0.05, 0.1) is 5.69 Å². The van der Waals surface area contributed by atoms with Crippen LogP contribution in [0.4, 0.5) is 0 Å². The Hall–Kier alpha value is -0.460. The summed E-state index contributed by atoms with van der Waals surface area (Å²) in [6, 6.07) is 0. The van der Waals surface area contributed by atoms with E-state index in [-0.39, 0.29) is 5.75 Å². The lowest BCUT2D eigenvalue weighted by atomic mass is 9.85. The molecule has 1 saturated carbocycles. The van der Waals surface area contributed by atoms with Gasteiger partial charge in [-0.1, -0.05) is 6.92 Å². The van der Waals surface area contributed by atoms with Crippen LogP contribution in [0.3, 0.4) is 0 Å². The lowest BCUT2D eigenvalue weighted by molar-refractivity contribution is 0.343. The largest absolute Gasteiger partial charge is 0.325 e. The highest BCUT2D eigenvalue weighted by Gasteiger charge is 2.51. The molecule has 2 N–H and O–H groups in total. The minimum atomic E-state index is -3.06. The zero-order valence-corrected chi connectivity index (χ0v) is 10.9. The maximum absolute atomic E-state index is 12.1. The van der Waals surface area contributed by atoms with Gasteiger partial charge in [-0.15, -0.1) is 11.3 Å². The summed E-state index contributed by atoms with van der Waals surface area (Å²) in [5, 5.41) is 2.60. The third-order valence-electron chi connectivity index (χ3n) is 3.29. The molecule has 0 spiro atoms. The van der Waals surface area contributed by atoms with E-state index in [1.807, 2.05) is 5.38 Å². The molecule has 0 bridgehead atoms. The van der Waals surface area contributed by atoms with Gasteiger partial charge in [-0.25, -0.2) is 13.4 Å². The maximum Gasteiger partial charge on any atom is 0.162 e. The predicted molar refractivity (Wildman–Crippen MR) is 65.0 cm³/mol. The van der Waals surface area contributed by atoms with Crippen molar-refractivity contribution in [2.45, 2.75) is 37.5 Å². The standard InChI is InChI=1S/C10H16N2O2S2/c1-2-16(13,14)10(4-3-5-10)9-12-8(6-11)7-15-9/h7H,2-6,11H2,1H3. The first-order chi connectivity index (χ1) is 7.55. The van der Waals surface area contributed by atoms with Crippen LogP contribution in [-0.4, -0.2) is 19.2 Å². The van der Waals surface area contributed by atoms with Gasteiger partial charge in [0.25, 0.3) is 0 Å². The second-order valence-electron chi connectivity index (χ2n) is 4.10. The molecule has 0 atom stereocenters. The van der Waals surface area contributed by atoms with Crippen LogP contribution in [0.25, 0.3) is 0 Å². The van der Waals surface area contributed by atoms with E-state index < -0.39 is 14.6 Å². The Morgan fingerprint density at radius 1 is 1.56 bits per heavy atom. The highest BCUT2D eigenvalue weighted by molar-refractivity contribution is 7.92. The number of thiazole rings is 1. The topological polar surface area (TPSA) is 73.0 Å². The quantitative estimate of drug-likeness (QED) is 0.888. The molecule has 1 aliphatic carbocycles. The highest BCUT2D eigenvalue weighted by Crippen LogP contribution is 2.49. The van der Waals surface area contributed by atoms with Gasteiger partial charge in [0.15, 0.2) is 9.84 Å². The summed E-state index contributed by atoms with van der Waals surface area (Å²) in [4.78, 5) is 4.35.